The number of rotatable bonds is 3. The molecular weight excluding hydrogens is 308 g/mol. The van der Waals surface area contributed by atoms with Gasteiger partial charge in [0.25, 0.3) is 0 Å². The molecule has 2 aliphatic rings. The lowest BCUT2D eigenvalue weighted by molar-refractivity contribution is -0.944. The van der Waals surface area contributed by atoms with Gasteiger partial charge in [-0.25, -0.2) is 0 Å². The number of ether oxygens (including phenoxy) is 1. The first kappa shape index (κ1) is 18.5. The van der Waals surface area contributed by atoms with Crippen LogP contribution in [0.25, 0.3) is 6.08 Å². The molecule has 0 aromatic heterocycles. The number of benzene rings is 1. The van der Waals surface area contributed by atoms with Gasteiger partial charge in [-0.05, 0) is 19.4 Å². The third kappa shape index (κ3) is 5.05. The second-order valence-corrected chi connectivity index (χ2v) is 7.02. The number of quaternary nitrogens is 1. The van der Waals surface area contributed by atoms with Gasteiger partial charge in [0.05, 0.1) is 13.1 Å². The summed E-state index contributed by atoms with van der Waals surface area (Å²) in [5, 5.41) is 0. The van der Waals surface area contributed by atoms with Crippen LogP contribution in [0.1, 0.15) is 19.4 Å². The van der Waals surface area contributed by atoms with E-state index in [-0.39, 0.29) is 12.4 Å². The molecule has 4 heteroatoms. The van der Waals surface area contributed by atoms with E-state index in [1.807, 2.05) is 0 Å². The highest BCUT2D eigenvalue weighted by atomic mass is 35.5. The predicted octanol–water partition coefficient (Wildman–Crippen LogP) is -0.357. The fourth-order valence-electron chi connectivity index (χ4n) is 4.03. The lowest BCUT2D eigenvalue weighted by Gasteiger charge is -2.50. The molecule has 1 aromatic carbocycles. The minimum atomic E-state index is 0. The Morgan fingerprint density at radius 3 is 2.30 bits per heavy atom. The summed E-state index contributed by atoms with van der Waals surface area (Å²) < 4.78 is 7.18. The summed E-state index contributed by atoms with van der Waals surface area (Å²) in [5.74, 6) is 0. The molecule has 3 rings (SSSR count). The van der Waals surface area contributed by atoms with E-state index in [9.17, 15) is 0 Å². The quantitative estimate of drug-likeness (QED) is 0.699. The van der Waals surface area contributed by atoms with Crippen molar-refractivity contribution in [1.29, 1.82) is 0 Å². The maximum Gasteiger partial charge on any atom is 0.105 e. The van der Waals surface area contributed by atoms with Crippen molar-refractivity contribution in [3.8, 4) is 0 Å². The van der Waals surface area contributed by atoms with Crippen LogP contribution in [0.5, 0.6) is 0 Å². The summed E-state index contributed by atoms with van der Waals surface area (Å²) in [6.07, 6.45) is 5.36. The van der Waals surface area contributed by atoms with Gasteiger partial charge in [0, 0.05) is 19.6 Å². The average Bonchev–Trinajstić information content (AvgIpc) is 2.49. The minimum absolute atomic E-state index is 0. The molecule has 0 radical (unpaired) electrons. The molecule has 0 saturated carbocycles. The van der Waals surface area contributed by atoms with E-state index in [2.05, 4.69) is 61.2 Å². The summed E-state index contributed by atoms with van der Waals surface area (Å²) in [7, 11) is 0. The van der Waals surface area contributed by atoms with Crippen LogP contribution in [0, 0.1) is 0 Å². The molecular formula is C19H29ClN2O. The van der Waals surface area contributed by atoms with E-state index in [0.29, 0.717) is 12.2 Å². The lowest BCUT2D eigenvalue weighted by atomic mass is 10.1. The largest absolute Gasteiger partial charge is 1.00 e. The molecule has 1 spiro atoms. The molecule has 23 heavy (non-hydrogen) atoms. The summed E-state index contributed by atoms with van der Waals surface area (Å²) in [5.41, 5.74) is 1.29. The van der Waals surface area contributed by atoms with E-state index < -0.39 is 0 Å². The van der Waals surface area contributed by atoms with Crippen molar-refractivity contribution in [1.82, 2.24) is 4.90 Å². The Morgan fingerprint density at radius 1 is 1.09 bits per heavy atom. The molecule has 0 bridgehead atoms. The highest BCUT2D eigenvalue weighted by Crippen LogP contribution is 2.22. The van der Waals surface area contributed by atoms with Gasteiger partial charge in [-0.3, -0.25) is 4.90 Å². The Balaban J connectivity index is 0.00000192. The lowest BCUT2D eigenvalue weighted by Crippen LogP contribution is -3.00. The Hall–Kier alpha value is -0.870. The molecule has 128 valence electrons. The highest BCUT2D eigenvalue weighted by Gasteiger charge is 2.39. The van der Waals surface area contributed by atoms with Crippen molar-refractivity contribution < 1.29 is 21.6 Å². The Bertz CT molecular complexity index is 485. The Morgan fingerprint density at radius 2 is 1.70 bits per heavy atom. The molecule has 0 amide bonds. The van der Waals surface area contributed by atoms with E-state index in [0.717, 1.165) is 6.54 Å². The molecule has 2 unspecified atom stereocenters. The normalized spacial score (nSPS) is 27.9. The van der Waals surface area contributed by atoms with Crippen molar-refractivity contribution >= 4 is 6.08 Å². The number of morpholine rings is 1. The zero-order chi connectivity index (χ0) is 15.4. The fraction of sp³-hybridized carbons (Fsp3) is 0.579. The van der Waals surface area contributed by atoms with Gasteiger partial charge < -0.3 is 21.6 Å². The monoisotopic (exact) mass is 336 g/mol. The molecule has 3 nitrogen and oxygen atoms in total. The maximum absolute atomic E-state index is 5.91. The predicted molar refractivity (Wildman–Crippen MR) is 91.7 cm³/mol. The molecule has 2 saturated heterocycles. The molecule has 2 aliphatic heterocycles. The number of hydrogen-bond acceptors (Lipinski definition) is 2. The van der Waals surface area contributed by atoms with Crippen LogP contribution in [0.4, 0.5) is 0 Å². The first-order valence-corrected chi connectivity index (χ1v) is 8.60. The van der Waals surface area contributed by atoms with Gasteiger partial charge in [0.2, 0.25) is 0 Å². The first-order valence-electron chi connectivity index (χ1n) is 8.60. The van der Waals surface area contributed by atoms with Crippen LogP contribution in [-0.4, -0.2) is 67.4 Å². The topological polar surface area (TPSA) is 12.5 Å². The fourth-order valence-corrected chi connectivity index (χ4v) is 4.03. The number of hydrogen-bond donors (Lipinski definition) is 0. The Kier molecular flexibility index (Phi) is 6.66. The standard InChI is InChI=1S/C19H29N2O.ClH/c1-17-15-21(16-18(2)22-17)13-11-20(12-14-21)10-6-9-19-7-4-3-5-8-19;/h3-9,17-18H,10-16H2,1-2H3;1H/q+1;/p-1/b9-6+;. The van der Waals surface area contributed by atoms with Crippen molar-refractivity contribution in [2.75, 3.05) is 45.8 Å². The van der Waals surface area contributed by atoms with E-state index >= 15 is 0 Å². The van der Waals surface area contributed by atoms with Crippen LogP contribution in [0.3, 0.4) is 0 Å². The maximum atomic E-state index is 5.91. The van der Waals surface area contributed by atoms with Gasteiger partial charge >= 0.3 is 0 Å². The molecule has 2 atom stereocenters. The van der Waals surface area contributed by atoms with Gasteiger partial charge in [0.1, 0.15) is 25.3 Å². The molecule has 0 aliphatic carbocycles. The van der Waals surface area contributed by atoms with Gasteiger partial charge in [-0.1, -0.05) is 42.5 Å². The molecule has 0 N–H and O–H groups in total. The van der Waals surface area contributed by atoms with Crippen molar-refractivity contribution in [2.24, 2.45) is 0 Å². The van der Waals surface area contributed by atoms with Gasteiger partial charge in [-0.15, -0.1) is 0 Å². The van der Waals surface area contributed by atoms with Gasteiger partial charge in [0.15, 0.2) is 0 Å². The number of piperazine rings is 1. The summed E-state index contributed by atoms with van der Waals surface area (Å²) in [6, 6.07) is 10.6. The smallest absolute Gasteiger partial charge is 0.105 e. The van der Waals surface area contributed by atoms with Crippen LogP contribution < -0.4 is 12.4 Å². The number of nitrogens with zero attached hydrogens (tertiary/aromatic N) is 2. The molecule has 2 heterocycles. The molecule has 1 aromatic rings. The minimum Gasteiger partial charge on any atom is -1.00 e. The van der Waals surface area contributed by atoms with Crippen LogP contribution in [0.2, 0.25) is 0 Å². The van der Waals surface area contributed by atoms with Crippen molar-refractivity contribution in [3.05, 3.63) is 42.0 Å². The average molecular weight is 337 g/mol. The number of halogens is 1. The second-order valence-electron chi connectivity index (χ2n) is 7.02. The van der Waals surface area contributed by atoms with Crippen molar-refractivity contribution in [3.63, 3.8) is 0 Å². The van der Waals surface area contributed by atoms with E-state index in [1.54, 1.807) is 0 Å². The zero-order valence-electron chi connectivity index (χ0n) is 14.3. The Labute approximate surface area is 146 Å². The summed E-state index contributed by atoms with van der Waals surface area (Å²) in [4.78, 5) is 2.58. The third-order valence-corrected chi connectivity index (χ3v) is 5.01. The van der Waals surface area contributed by atoms with Gasteiger partial charge in [-0.2, -0.15) is 0 Å². The van der Waals surface area contributed by atoms with Crippen LogP contribution in [-0.2, 0) is 4.74 Å². The third-order valence-electron chi connectivity index (χ3n) is 5.01. The van der Waals surface area contributed by atoms with E-state index in [4.69, 9.17) is 4.74 Å². The van der Waals surface area contributed by atoms with E-state index in [1.165, 1.54) is 49.3 Å². The summed E-state index contributed by atoms with van der Waals surface area (Å²) >= 11 is 0. The first-order chi connectivity index (χ1) is 10.7. The van der Waals surface area contributed by atoms with Crippen LogP contribution in [0.15, 0.2) is 36.4 Å². The molecule has 2 fully saturated rings. The van der Waals surface area contributed by atoms with Crippen molar-refractivity contribution in [2.45, 2.75) is 26.1 Å². The SMILES string of the molecule is CC1C[N+]2(CCN(C/C=C/c3ccccc3)CC2)CC(C)O1.[Cl-]. The highest BCUT2D eigenvalue weighted by molar-refractivity contribution is 5.48. The summed E-state index contributed by atoms with van der Waals surface area (Å²) in [6.45, 7) is 12.9. The van der Waals surface area contributed by atoms with Crippen LogP contribution >= 0.6 is 0 Å². The zero-order valence-corrected chi connectivity index (χ0v) is 15.1. The second kappa shape index (κ2) is 8.29.